The first-order valence-electron chi connectivity index (χ1n) is 6.97. The molecule has 1 N–H and O–H groups in total. The third-order valence-corrected chi connectivity index (χ3v) is 5.49. The van der Waals surface area contributed by atoms with E-state index in [4.69, 9.17) is 15.3 Å². The van der Waals surface area contributed by atoms with E-state index < -0.39 is 13.0 Å². The summed E-state index contributed by atoms with van der Waals surface area (Å²) in [5.74, 6) is 0. The van der Waals surface area contributed by atoms with Crippen molar-refractivity contribution in [3.8, 4) is 0 Å². The Hall–Kier alpha value is -2.71. The van der Waals surface area contributed by atoms with Crippen LogP contribution < -0.4 is 15.9 Å². The van der Waals surface area contributed by atoms with E-state index in [9.17, 15) is 0 Å². The third-order valence-electron chi connectivity index (χ3n) is 3.04. The third kappa shape index (κ3) is 5.20. The van der Waals surface area contributed by atoms with Gasteiger partial charge in [-0.3, -0.25) is 0 Å². The van der Waals surface area contributed by atoms with Gasteiger partial charge in [-0.05, 0) is 23.8 Å². The molecule has 116 valence electrons. The van der Waals surface area contributed by atoms with Crippen LogP contribution in [0.3, 0.4) is 0 Å². The molecule has 0 heterocycles. The fourth-order valence-corrected chi connectivity index (χ4v) is 4.48. The van der Waals surface area contributed by atoms with Crippen molar-refractivity contribution in [2.45, 2.75) is 0 Å². The van der Waals surface area contributed by atoms with Crippen molar-refractivity contribution < 1.29 is 10.3 Å². The van der Waals surface area contributed by atoms with Gasteiger partial charge in [-0.15, -0.1) is 10.1 Å². The first kappa shape index (κ1) is 16.7. The lowest BCUT2D eigenvalue weighted by molar-refractivity contribution is -0.742. The first-order chi connectivity index (χ1) is 11.2. The highest BCUT2D eigenvalue weighted by Gasteiger charge is 2.14. The molecule has 5 heteroatoms. The van der Waals surface area contributed by atoms with Gasteiger partial charge in [0.1, 0.15) is 0 Å². The predicted octanol–water partition coefficient (Wildman–Crippen LogP) is 3.10. The molecule has 4 nitrogen and oxygen atoms in total. The Labute approximate surface area is 135 Å². The van der Waals surface area contributed by atoms with E-state index in [1.54, 1.807) is 0 Å². The highest BCUT2D eigenvalue weighted by molar-refractivity contribution is 7.79. The summed E-state index contributed by atoms with van der Waals surface area (Å²) in [4.78, 5) is 8.36. The standard InChI is InChI=1S/C18H15P.HNO3/c1-4-10-16(11-5-1)19(17-12-6-2-7-13-17)18-14-8-3-9-15-18;2-1(3)4/h1-15H;(H,2,3,4). The van der Waals surface area contributed by atoms with E-state index in [1.165, 1.54) is 15.9 Å². The molecule has 0 saturated carbocycles. The maximum absolute atomic E-state index is 8.36. The van der Waals surface area contributed by atoms with Crippen LogP contribution in [0.5, 0.6) is 0 Å². The van der Waals surface area contributed by atoms with Crippen molar-refractivity contribution in [2.75, 3.05) is 0 Å². The van der Waals surface area contributed by atoms with Gasteiger partial charge >= 0.3 is 0 Å². The molecule has 0 fully saturated rings. The van der Waals surface area contributed by atoms with Crippen molar-refractivity contribution in [2.24, 2.45) is 0 Å². The van der Waals surface area contributed by atoms with Crippen molar-refractivity contribution in [1.29, 1.82) is 0 Å². The molecule has 3 aromatic rings. The van der Waals surface area contributed by atoms with Crippen molar-refractivity contribution >= 4 is 23.8 Å². The first-order valence-corrected chi connectivity index (χ1v) is 8.31. The van der Waals surface area contributed by atoms with E-state index in [0.29, 0.717) is 0 Å². The van der Waals surface area contributed by atoms with E-state index in [1.807, 2.05) is 0 Å². The monoisotopic (exact) mass is 325 g/mol. The second-order valence-electron chi connectivity index (χ2n) is 4.58. The molecule has 0 aromatic heterocycles. The van der Waals surface area contributed by atoms with Crippen LogP contribution in [-0.2, 0) is 0 Å². The van der Waals surface area contributed by atoms with Crippen LogP contribution in [0.15, 0.2) is 91.0 Å². The Morgan fingerprint density at radius 3 is 1.09 bits per heavy atom. The second-order valence-corrected chi connectivity index (χ2v) is 6.80. The van der Waals surface area contributed by atoms with Gasteiger partial charge in [0.25, 0.3) is 5.09 Å². The quantitative estimate of drug-likeness (QED) is 0.457. The Morgan fingerprint density at radius 1 is 0.652 bits per heavy atom. The molecule has 3 rings (SSSR count). The Morgan fingerprint density at radius 2 is 0.870 bits per heavy atom. The molecule has 23 heavy (non-hydrogen) atoms. The zero-order valence-corrected chi connectivity index (χ0v) is 13.2. The SMILES string of the molecule is O=[N+]([O-])O.c1ccc(P(c2ccccc2)c2ccccc2)cc1. The molecule has 0 aliphatic heterocycles. The molecule has 0 unspecified atom stereocenters. The second kappa shape index (κ2) is 8.66. The normalized spacial score (nSPS) is 9.78. The van der Waals surface area contributed by atoms with Crippen LogP contribution in [0.2, 0.25) is 0 Å². The fourth-order valence-electron chi connectivity index (χ4n) is 2.18. The average molecular weight is 325 g/mol. The lowest BCUT2D eigenvalue weighted by Gasteiger charge is -2.18. The molecule has 0 atom stereocenters. The zero-order valence-electron chi connectivity index (χ0n) is 12.3. The highest BCUT2D eigenvalue weighted by atomic mass is 31.1. The van der Waals surface area contributed by atoms with Crippen molar-refractivity contribution in [3.63, 3.8) is 0 Å². The van der Waals surface area contributed by atoms with Crippen LogP contribution in [0, 0.1) is 10.1 Å². The molecule has 0 aliphatic carbocycles. The lowest BCUT2D eigenvalue weighted by atomic mass is 10.4. The smallest absolute Gasteiger partial charge is 0.291 e. The van der Waals surface area contributed by atoms with E-state index in [2.05, 4.69) is 91.0 Å². The summed E-state index contributed by atoms with van der Waals surface area (Å²) in [6.07, 6.45) is 0. The summed E-state index contributed by atoms with van der Waals surface area (Å²) >= 11 is 0. The maximum Gasteiger partial charge on any atom is 0.291 e. The van der Waals surface area contributed by atoms with E-state index in [-0.39, 0.29) is 0 Å². The molecule has 0 spiro atoms. The molecule has 0 amide bonds. The maximum atomic E-state index is 8.36. The highest BCUT2D eigenvalue weighted by Crippen LogP contribution is 2.32. The van der Waals surface area contributed by atoms with Crippen LogP contribution in [0.25, 0.3) is 0 Å². The topological polar surface area (TPSA) is 63.4 Å². The van der Waals surface area contributed by atoms with Gasteiger partial charge in [0.15, 0.2) is 0 Å². The lowest BCUT2D eigenvalue weighted by Crippen LogP contribution is -2.20. The van der Waals surface area contributed by atoms with Crippen molar-refractivity contribution in [1.82, 2.24) is 0 Å². The van der Waals surface area contributed by atoms with E-state index >= 15 is 0 Å². The molecule has 0 radical (unpaired) electrons. The van der Waals surface area contributed by atoms with Crippen LogP contribution >= 0.6 is 7.92 Å². The van der Waals surface area contributed by atoms with E-state index in [0.717, 1.165) is 0 Å². The fraction of sp³-hybridized carbons (Fsp3) is 0. The summed E-state index contributed by atoms with van der Waals surface area (Å²) in [5.41, 5.74) is 0. The minimum Gasteiger partial charge on any atom is -0.328 e. The summed E-state index contributed by atoms with van der Waals surface area (Å²) < 4.78 is 0. The molecule has 0 bridgehead atoms. The number of hydrogen-bond acceptors (Lipinski definition) is 2. The van der Waals surface area contributed by atoms with Gasteiger partial charge in [0.2, 0.25) is 0 Å². The molecule has 0 aliphatic rings. The van der Waals surface area contributed by atoms with Crippen LogP contribution in [-0.4, -0.2) is 10.3 Å². The zero-order chi connectivity index (χ0) is 16.5. The molecular weight excluding hydrogens is 309 g/mol. The van der Waals surface area contributed by atoms with Crippen molar-refractivity contribution in [3.05, 3.63) is 101 Å². The summed E-state index contributed by atoms with van der Waals surface area (Å²) in [7, 11) is -0.446. The van der Waals surface area contributed by atoms with Crippen LogP contribution in [0.4, 0.5) is 0 Å². The number of rotatable bonds is 3. The van der Waals surface area contributed by atoms with Gasteiger partial charge in [0, 0.05) is 0 Å². The number of benzene rings is 3. The van der Waals surface area contributed by atoms with Gasteiger partial charge in [0.05, 0.1) is 0 Å². The van der Waals surface area contributed by atoms with Crippen LogP contribution in [0.1, 0.15) is 0 Å². The number of nitrogens with zero attached hydrogens (tertiary/aromatic N) is 1. The number of hydrogen-bond donors (Lipinski definition) is 1. The van der Waals surface area contributed by atoms with Gasteiger partial charge in [-0.1, -0.05) is 91.0 Å². The summed E-state index contributed by atoms with van der Waals surface area (Å²) in [6.45, 7) is 0. The minimum absolute atomic E-state index is 0.446. The average Bonchev–Trinajstić information content (AvgIpc) is 2.58. The Balaban J connectivity index is 0.000000433. The molecule has 0 saturated heterocycles. The summed E-state index contributed by atoms with van der Waals surface area (Å²) in [6, 6.07) is 32.3. The predicted molar refractivity (Wildman–Crippen MR) is 93.9 cm³/mol. The van der Waals surface area contributed by atoms with Gasteiger partial charge in [-0.25, -0.2) is 0 Å². The minimum atomic E-state index is -1.50. The Bertz CT molecular complexity index is 623. The van der Waals surface area contributed by atoms with Gasteiger partial charge < -0.3 is 5.21 Å². The summed E-state index contributed by atoms with van der Waals surface area (Å²) in [5, 5.41) is 17.8. The molecule has 3 aromatic carbocycles. The Kier molecular flexibility index (Phi) is 6.28. The largest absolute Gasteiger partial charge is 0.328 e. The molecular formula is C18H16NO3P. The van der Waals surface area contributed by atoms with Gasteiger partial charge in [-0.2, -0.15) is 0 Å².